The number of amides is 5. The number of nitrogens with one attached hydrogen (secondary N) is 4. The maximum atomic E-state index is 13.5. The summed E-state index contributed by atoms with van der Waals surface area (Å²) in [5, 5.41) is 10.5. The van der Waals surface area contributed by atoms with Gasteiger partial charge in [0, 0.05) is 26.4 Å². The van der Waals surface area contributed by atoms with Gasteiger partial charge in [-0.15, -0.1) is 0 Å². The second kappa shape index (κ2) is 17.3. The van der Waals surface area contributed by atoms with E-state index in [1.165, 1.54) is 27.7 Å². The SMILES string of the molecule is CC(=O)N[C@@H](CCCN=C(N)N)C(=O)NC(C)(C)C(=O)N[C@@H](CCCN=C(N)N)C(=O)NC(C)(Cc1ccccc1)C(N)=O. The van der Waals surface area contributed by atoms with Crippen LogP contribution < -0.4 is 49.9 Å². The molecular formula is C28H47N11O5. The van der Waals surface area contributed by atoms with Crippen LogP contribution >= 0.6 is 0 Å². The number of carbonyl (C=O) groups is 5. The minimum absolute atomic E-state index is 0.0951. The second-order valence-corrected chi connectivity index (χ2v) is 11.1. The second-order valence-electron chi connectivity index (χ2n) is 11.1. The van der Waals surface area contributed by atoms with Gasteiger partial charge in [0.15, 0.2) is 11.9 Å². The van der Waals surface area contributed by atoms with Gasteiger partial charge in [-0.25, -0.2) is 0 Å². The molecule has 1 unspecified atom stereocenters. The minimum Gasteiger partial charge on any atom is -0.370 e. The monoisotopic (exact) mass is 617 g/mol. The van der Waals surface area contributed by atoms with E-state index < -0.39 is 52.7 Å². The molecule has 0 saturated heterocycles. The first-order chi connectivity index (χ1) is 20.5. The Labute approximate surface area is 257 Å². The lowest BCUT2D eigenvalue weighted by Gasteiger charge is -2.32. The fourth-order valence-corrected chi connectivity index (χ4v) is 4.14. The first-order valence-electron chi connectivity index (χ1n) is 14.1. The lowest BCUT2D eigenvalue weighted by Crippen LogP contribution is -2.64. The van der Waals surface area contributed by atoms with Crippen molar-refractivity contribution < 1.29 is 24.0 Å². The minimum atomic E-state index is -1.52. The van der Waals surface area contributed by atoms with Crippen molar-refractivity contribution in [2.24, 2.45) is 38.7 Å². The quantitative estimate of drug-likeness (QED) is 0.0480. The highest BCUT2D eigenvalue weighted by atomic mass is 16.2. The van der Waals surface area contributed by atoms with E-state index in [-0.39, 0.29) is 44.3 Å². The smallest absolute Gasteiger partial charge is 0.245 e. The fraction of sp³-hybridized carbons (Fsp3) is 0.536. The van der Waals surface area contributed by atoms with Gasteiger partial charge in [0.2, 0.25) is 29.5 Å². The predicted molar refractivity (Wildman–Crippen MR) is 167 cm³/mol. The first kappa shape index (κ1) is 37.1. The molecule has 1 aromatic carbocycles. The van der Waals surface area contributed by atoms with Gasteiger partial charge in [0.1, 0.15) is 23.2 Å². The van der Waals surface area contributed by atoms with Gasteiger partial charge in [0.25, 0.3) is 0 Å². The van der Waals surface area contributed by atoms with Crippen LogP contribution in [0.15, 0.2) is 40.3 Å². The van der Waals surface area contributed by atoms with Crippen molar-refractivity contribution in [1.29, 1.82) is 0 Å². The molecule has 3 atom stereocenters. The van der Waals surface area contributed by atoms with Gasteiger partial charge in [-0.3, -0.25) is 34.0 Å². The number of hydrogen-bond acceptors (Lipinski definition) is 7. The molecule has 0 heterocycles. The van der Waals surface area contributed by atoms with E-state index in [1.807, 2.05) is 6.07 Å². The Morgan fingerprint density at radius 3 is 1.68 bits per heavy atom. The average Bonchev–Trinajstić information content (AvgIpc) is 2.91. The fourth-order valence-electron chi connectivity index (χ4n) is 4.14. The molecule has 44 heavy (non-hydrogen) atoms. The standard InChI is InChI=1S/C28H47N11O5/c1-17(40)36-19(12-8-14-34-25(30)31)21(41)38-27(2,3)24(44)37-20(13-9-15-35-26(32)33)22(42)39-28(4,23(29)43)16-18-10-6-5-7-11-18/h5-7,10-11,19-20H,8-9,12-16H2,1-4H3,(H2,29,43)(H,36,40)(H,37,44)(H,38,41)(H,39,42)(H4,30,31,34)(H4,32,33,35)/t19-,20-,28?/m0/s1. The molecule has 0 fully saturated rings. The molecule has 0 aliphatic rings. The Kier molecular flexibility index (Phi) is 14.6. The van der Waals surface area contributed by atoms with Gasteiger partial charge < -0.3 is 49.9 Å². The molecule has 1 rings (SSSR count). The Hall–Kier alpha value is -4.89. The van der Waals surface area contributed by atoms with E-state index in [2.05, 4.69) is 31.3 Å². The summed E-state index contributed by atoms with van der Waals surface area (Å²) in [6.45, 7) is 6.07. The molecule has 244 valence electrons. The summed E-state index contributed by atoms with van der Waals surface area (Å²) in [5.74, 6) is -3.43. The zero-order chi connectivity index (χ0) is 33.5. The van der Waals surface area contributed by atoms with E-state index in [0.29, 0.717) is 12.8 Å². The number of nitrogens with two attached hydrogens (primary N) is 5. The molecule has 5 amide bonds. The Morgan fingerprint density at radius 2 is 1.23 bits per heavy atom. The number of hydrogen-bond donors (Lipinski definition) is 9. The van der Waals surface area contributed by atoms with Crippen molar-refractivity contribution in [3.63, 3.8) is 0 Å². The van der Waals surface area contributed by atoms with Crippen molar-refractivity contribution >= 4 is 41.5 Å². The highest BCUT2D eigenvalue weighted by Crippen LogP contribution is 2.15. The van der Waals surface area contributed by atoms with Crippen molar-refractivity contribution in [2.45, 2.75) is 83.0 Å². The number of nitrogens with zero attached hydrogens (tertiary/aromatic N) is 2. The van der Waals surface area contributed by atoms with E-state index in [1.54, 1.807) is 24.3 Å². The zero-order valence-electron chi connectivity index (χ0n) is 25.8. The molecular weight excluding hydrogens is 570 g/mol. The zero-order valence-corrected chi connectivity index (χ0v) is 25.8. The van der Waals surface area contributed by atoms with Gasteiger partial charge in [-0.2, -0.15) is 0 Å². The van der Waals surface area contributed by atoms with Gasteiger partial charge >= 0.3 is 0 Å². The molecule has 0 radical (unpaired) electrons. The van der Waals surface area contributed by atoms with E-state index in [4.69, 9.17) is 28.7 Å². The summed E-state index contributed by atoms with van der Waals surface area (Å²) >= 11 is 0. The third-order valence-electron chi connectivity index (χ3n) is 6.55. The number of primary amides is 1. The molecule has 0 bridgehead atoms. The maximum Gasteiger partial charge on any atom is 0.245 e. The summed E-state index contributed by atoms with van der Waals surface area (Å²) in [4.78, 5) is 72.0. The van der Waals surface area contributed by atoms with Crippen molar-refractivity contribution in [2.75, 3.05) is 13.1 Å². The number of benzene rings is 1. The Morgan fingerprint density at radius 1 is 0.750 bits per heavy atom. The molecule has 0 saturated carbocycles. The van der Waals surface area contributed by atoms with Gasteiger partial charge in [-0.05, 0) is 52.0 Å². The van der Waals surface area contributed by atoms with Crippen LogP contribution in [0.3, 0.4) is 0 Å². The maximum absolute atomic E-state index is 13.5. The van der Waals surface area contributed by atoms with Gasteiger partial charge in [0.05, 0.1) is 0 Å². The van der Waals surface area contributed by atoms with Crippen molar-refractivity contribution in [3.8, 4) is 0 Å². The number of carbonyl (C=O) groups excluding carboxylic acids is 5. The van der Waals surface area contributed by atoms with Crippen molar-refractivity contribution in [3.05, 3.63) is 35.9 Å². The van der Waals surface area contributed by atoms with E-state index >= 15 is 0 Å². The van der Waals surface area contributed by atoms with Crippen LogP contribution in [-0.4, -0.2) is 77.7 Å². The molecule has 0 aliphatic carbocycles. The van der Waals surface area contributed by atoms with Crippen LogP contribution in [0.1, 0.15) is 58.9 Å². The van der Waals surface area contributed by atoms with Crippen LogP contribution in [0, 0.1) is 0 Å². The molecule has 0 aliphatic heterocycles. The van der Waals surface area contributed by atoms with E-state index in [9.17, 15) is 24.0 Å². The normalized spacial score (nSPS) is 13.6. The Bertz CT molecular complexity index is 1210. The topological polar surface area (TPSA) is 288 Å². The Balaban J connectivity index is 3.12. The van der Waals surface area contributed by atoms with Crippen LogP contribution in [-0.2, 0) is 30.4 Å². The van der Waals surface area contributed by atoms with Crippen LogP contribution in [0.4, 0.5) is 0 Å². The molecule has 14 N–H and O–H groups in total. The van der Waals surface area contributed by atoms with Crippen LogP contribution in [0.5, 0.6) is 0 Å². The highest BCUT2D eigenvalue weighted by molar-refractivity contribution is 5.97. The summed E-state index contributed by atoms with van der Waals surface area (Å²) < 4.78 is 0. The summed E-state index contributed by atoms with van der Waals surface area (Å²) in [6, 6.07) is 6.88. The lowest BCUT2D eigenvalue weighted by molar-refractivity contribution is -0.137. The molecule has 0 spiro atoms. The third kappa shape index (κ3) is 13.4. The van der Waals surface area contributed by atoms with E-state index in [0.717, 1.165) is 5.56 Å². The van der Waals surface area contributed by atoms with Crippen molar-refractivity contribution in [1.82, 2.24) is 21.3 Å². The highest BCUT2D eigenvalue weighted by Gasteiger charge is 2.38. The predicted octanol–water partition coefficient (Wildman–Crippen LogP) is -2.42. The largest absolute Gasteiger partial charge is 0.370 e. The lowest BCUT2D eigenvalue weighted by atomic mass is 9.91. The molecule has 0 aromatic heterocycles. The third-order valence-corrected chi connectivity index (χ3v) is 6.55. The molecule has 16 nitrogen and oxygen atoms in total. The summed E-state index contributed by atoms with van der Waals surface area (Å²) in [5.41, 5.74) is 24.9. The van der Waals surface area contributed by atoms with Crippen LogP contribution in [0.25, 0.3) is 0 Å². The van der Waals surface area contributed by atoms with Crippen LogP contribution in [0.2, 0.25) is 0 Å². The summed E-state index contributed by atoms with van der Waals surface area (Å²) in [7, 11) is 0. The molecule has 16 heteroatoms. The number of rotatable bonds is 18. The molecule has 1 aromatic rings. The summed E-state index contributed by atoms with van der Waals surface area (Å²) in [6.07, 6.45) is 1.08. The first-order valence-corrected chi connectivity index (χ1v) is 14.1. The average molecular weight is 618 g/mol. The van der Waals surface area contributed by atoms with Gasteiger partial charge in [-0.1, -0.05) is 30.3 Å². The number of aliphatic imine (C=N–C) groups is 2. The number of guanidine groups is 2.